The summed E-state index contributed by atoms with van der Waals surface area (Å²) >= 11 is 0. The molecule has 0 spiro atoms. The van der Waals surface area contributed by atoms with Crippen LogP contribution in [0.5, 0.6) is 0 Å². The van der Waals surface area contributed by atoms with Gasteiger partial charge in [-0.15, -0.1) is 0 Å². The molecule has 0 bridgehead atoms. The van der Waals surface area contributed by atoms with E-state index in [1.54, 1.807) is 0 Å². The van der Waals surface area contributed by atoms with Crippen LogP contribution in [0.4, 0.5) is 0 Å². The number of hydrogen-bond donors (Lipinski definition) is 0. The monoisotopic (exact) mass is 225 g/mol. The van der Waals surface area contributed by atoms with Crippen molar-refractivity contribution in [2.24, 2.45) is 7.05 Å². The maximum Gasteiger partial charge on any atom is 0.248 e. The molecule has 0 amide bonds. The van der Waals surface area contributed by atoms with Gasteiger partial charge in [-0.3, -0.25) is 0 Å². The molecule has 57 valence electrons. The first-order valence-corrected chi connectivity index (χ1v) is 3.34. The third kappa shape index (κ3) is 2.31. The molecule has 0 aliphatic heterocycles. The molecule has 1 radical (unpaired) electrons. The minimum absolute atomic E-state index is 0. The van der Waals surface area contributed by atoms with Gasteiger partial charge in [-0.05, 0) is 19.5 Å². The molecular formula is C8H12N2Y. The minimum Gasteiger partial charge on any atom is -0.341 e. The van der Waals surface area contributed by atoms with E-state index in [0.29, 0.717) is 0 Å². The maximum absolute atomic E-state index is 4.08. The van der Waals surface area contributed by atoms with Crippen molar-refractivity contribution < 1.29 is 37.3 Å². The molecule has 0 aromatic carbocycles. The molecule has 3 heteroatoms. The average molecular weight is 225 g/mol. The van der Waals surface area contributed by atoms with E-state index in [1.807, 2.05) is 18.5 Å². The number of aromatic nitrogens is 2. The topological polar surface area (TPSA) is 16.8 Å². The number of aryl methyl sites for hydroxylation is 2. The quantitative estimate of drug-likeness (QED) is 0.467. The SMILES string of the molecule is Cc1n[c-][n+](C)c(C)c1C.[Y]. The van der Waals surface area contributed by atoms with Crippen LogP contribution < -0.4 is 4.57 Å². The van der Waals surface area contributed by atoms with Gasteiger partial charge in [0.05, 0.1) is 7.05 Å². The fraction of sp³-hybridized carbons (Fsp3) is 0.500. The van der Waals surface area contributed by atoms with Crippen molar-refractivity contribution in [2.75, 3.05) is 0 Å². The number of hydrogen-bond acceptors (Lipinski definition) is 1. The summed E-state index contributed by atoms with van der Waals surface area (Å²) in [5.74, 6) is 0. The van der Waals surface area contributed by atoms with Gasteiger partial charge >= 0.3 is 0 Å². The van der Waals surface area contributed by atoms with Crippen molar-refractivity contribution in [1.82, 2.24) is 4.98 Å². The van der Waals surface area contributed by atoms with E-state index in [0.717, 1.165) is 5.69 Å². The molecule has 0 unspecified atom stereocenters. The van der Waals surface area contributed by atoms with E-state index in [2.05, 4.69) is 25.2 Å². The van der Waals surface area contributed by atoms with E-state index in [-0.39, 0.29) is 32.7 Å². The molecule has 1 heterocycles. The van der Waals surface area contributed by atoms with E-state index >= 15 is 0 Å². The molecule has 0 atom stereocenters. The third-order valence-corrected chi connectivity index (χ3v) is 1.96. The molecule has 0 saturated heterocycles. The summed E-state index contributed by atoms with van der Waals surface area (Å²) in [5.41, 5.74) is 3.55. The Morgan fingerprint density at radius 1 is 1.27 bits per heavy atom. The summed E-state index contributed by atoms with van der Waals surface area (Å²) in [4.78, 5) is 4.08. The molecular weight excluding hydrogens is 213 g/mol. The second kappa shape index (κ2) is 4.27. The van der Waals surface area contributed by atoms with E-state index in [4.69, 9.17) is 0 Å². The molecule has 1 aromatic rings. The summed E-state index contributed by atoms with van der Waals surface area (Å²) in [6, 6.07) is 0. The Morgan fingerprint density at radius 3 is 2.27 bits per heavy atom. The Balaban J connectivity index is 0.000001000. The Morgan fingerprint density at radius 2 is 1.82 bits per heavy atom. The van der Waals surface area contributed by atoms with Gasteiger partial charge in [-0.25, -0.2) is 0 Å². The van der Waals surface area contributed by atoms with Crippen molar-refractivity contribution in [3.8, 4) is 0 Å². The Hall–Kier alpha value is 0.184. The molecule has 11 heavy (non-hydrogen) atoms. The van der Waals surface area contributed by atoms with Crippen LogP contribution in [0.25, 0.3) is 0 Å². The van der Waals surface area contributed by atoms with Gasteiger partial charge in [-0.1, -0.05) is 12.5 Å². The predicted molar refractivity (Wildman–Crippen MR) is 38.5 cm³/mol. The van der Waals surface area contributed by atoms with Crippen LogP contribution in [0.3, 0.4) is 0 Å². The van der Waals surface area contributed by atoms with E-state index < -0.39 is 0 Å². The van der Waals surface area contributed by atoms with Crippen LogP contribution in [0.1, 0.15) is 17.0 Å². The van der Waals surface area contributed by atoms with E-state index in [9.17, 15) is 0 Å². The normalized spacial score (nSPS) is 9.09. The first-order valence-electron chi connectivity index (χ1n) is 3.34. The fourth-order valence-corrected chi connectivity index (χ4v) is 0.822. The third-order valence-electron chi connectivity index (χ3n) is 1.96. The van der Waals surface area contributed by atoms with Crippen molar-refractivity contribution in [2.45, 2.75) is 20.8 Å². The molecule has 1 aromatic heterocycles. The van der Waals surface area contributed by atoms with Gasteiger partial charge in [0.2, 0.25) is 6.33 Å². The number of rotatable bonds is 0. The zero-order chi connectivity index (χ0) is 7.72. The summed E-state index contributed by atoms with van der Waals surface area (Å²) in [5, 5.41) is 0. The molecule has 0 fully saturated rings. The fourth-order valence-electron chi connectivity index (χ4n) is 0.822. The van der Waals surface area contributed by atoms with Gasteiger partial charge in [0, 0.05) is 38.4 Å². The van der Waals surface area contributed by atoms with Crippen molar-refractivity contribution in [3.63, 3.8) is 0 Å². The minimum atomic E-state index is 0. The van der Waals surface area contributed by atoms with Crippen LogP contribution in [0.15, 0.2) is 0 Å². The molecule has 1 rings (SSSR count). The summed E-state index contributed by atoms with van der Waals surface area (Å²) in [6.45, 7) is 6.14. The molecule has 0 aliphatic carbocycles. The van der Waals surface area contributed by atoms with E-state index in [1.165, 1.54) is 11.3 Å². The Kier molecular flexibility index (Phi) is 4.34. The van der Waals surface area contributed by atoms with Crippen LogP contribution >= 0.6 is 0 Å². The summed E-state index contributed by atoms with van der Waals surface area (Å²) in [7, 11) is 1.95. The first-order chi connectivity index (χ1) is 4.63. The zero-order valence-corrected chi connectivity index (χ0v) is 10.3. The standard InChI is InChI=1S/C8H12N2.Y/c1-6-7(2)9-5-10(4)8(6)3;/h1-4H3;. The second-order valence-corrected chi connectivity index (χ2v) is 2.57. The Bertz CT molecular complexity index is 232. The zero-order valence-electron chi connectivity index (χ0n) is 7.47. The predicted octanol–water partition coefficient (Wildman–Crippen LogP) is 0.629. The largest absolute Gasteiger partial charge is 0.341 e. The van der Waals surface area contributed by atoms with Crippen LogP contribution in [0.2, 0.25) is 0 Å². The summed E-state index contributed by atoms with van der Waals surface area (Å²) < 4.78 is 1.91. The first kappa shape index (κ1) is 11.2. The van der Waals surface area contributed by atoms with Crippen molar-refractivity contribution in [1.29, 1.82) is 0 Å². The molecule has 2 nitrogen and oxygen atoms in total. The van der Waals surface area contributed by atoms with Gasteiger partial charge in [0.15, 0.2) is 0 Å². The Labute approximate surface area is 92.9 Å². The second-order valence-electron chi connectivity index (χ2n) is 2.57. The number of nitrogens with zero attached hydrogens (tertiary/aromatic N) is 2. The van der Waals surface area contributed by atoms with Crippen molar-refractivity contribution in [3.05, 3.63) is 23.3 Å². The van der Waals surface area contributed by atoms with Crippen LogP contribution in [0, 0.1) is 27.1 Å². The molecule has 0 saturated carbocycles. The van der Waals surface area contributed by atoms with Crippen molar-refractivity contribution >= 4 is 0 Å². The van der Waals surface area contributed by atoms with Gasteiger partial charge in [0.25, 0.3) is 0 Å². The smallest absolute Gasteiger partial charge is 0.248 e. The molecule has 0 aliphatic rings. The maximum atomic E-state index is 4.08. The van der Waals surface area contributed by atoms with Crippen LogP contribution in [-0.2, 0) is 39.8 Å². The molecule has 0 N–H and O–H groups in total. The van der Waals surface area contributed by atoms with Crippen LogP contribution in [-0.4, -0.2) is 4.98 Å². The van der Waals surface area contributed by atoms with Gasteiger partial charge in [-0.2, -0.15) is 4.98 Å². The summed E-state index contributed by atoms with van der Waals surface area (Å²) in [6.07, 6.45) is 2.88. The van der Waals surface area contributed by atoms with Gasteiger partial charge in [0.1, 0.15) is 0 Å². The van der Waals surface area contributed by atoms with Gasteiger partial charge < -0.3 is 4.57 Å². The average Bonchev–Trinajstić information content (AvgIpc) is 1.93.